The number of nitrogens with one attached hydrogen (secondary N) is 1. The van der Waals surface area contributed by atoms with Gasteiger partial charge in [0.1, 0.15) is 17.0 Å². The normalized spacial score (nSPS) is 15.1. The minimum absolute atomic E-state index is 0.118. The van der Waals surface area contributed by atoms with E-state index in [1.54, 1.807) is 36.1 Å². The molecule has 0 atom stereocenters. The van der Waals surface area contributed by atoms with Crippen molar-refractivity contribution < 1.29 is 12.8 Å². The van der Waals surface area contributed by atoms with Gasteiger partial charge in [0, 0.05) is 28.3 Å². The zero-order valence-corrected chi connectivity index (χ0v) is 23.9. The molecule has 0 radical (unpaired) electrons. The van der Waals surface area contributed by atoms with E-state index in [1.165, 1.54) is 31.9 Å². The Morgan fingerprint density at radius 2 is 1.77 bits per heavy atom. The molecule has 3 heterocycles. The van der Waals surface area contributed by atoms with Crippen LogP contribution in [-0.4, -0.2) is 34.9 Å². The molecule has 4 aromatic rings. The number of halogens is 2. The molecule has 2 aromatic heterocycles. The van der Waals surface area contributed by atoms with Crippen molar-refractivity contribution in [2.75, 3.05) is 22.4 Å². The average molecular weight is 663 g/mol. The van der Waals surface area contributed by atoms with Gasteiger partial charge in [-0.15, -0.1) is 0 Å². The second-order valence-corrected chi connectivity index (χ2v) is 12.8. The zero-order valence-electron chi connectivity index (χ0n) is 20.9. The van der Waals surface area contributed by atoms with Crippen LogP contribution in [0.5, 0.6) is 0 Å². The quantitative estimate of drug-likeness (QED) is 0.328. The maximum atomic E-state index is 15.2. The predicted octanol–water partition coefficient (Wildman–Crippen LogP) is 3.22. The van der Waals surface area contributed by atoms with Crippen molar-refractivity contribution in [3.05, 3.63) is 88.6 Å². The Morgan fingerprint density at radius 3 is 2.44 bits per heavy atom. The molecule has 0 saturated heterocycles. The van der Waals surface area contributed by atoms with Gasteiger partial charge in [-0.1, -0.05) is 6.07 Å². The van der Waals surface area contributed by atoms with Gasteiger partial charge >= 0.3 is 5.69 Å². The Bertz CT molecular complexity index is 2000. The van der Waals surface area contributed by atoms with E-state index in [-0.39, 0.29) is 58.5 Å². The molecular weight excluding hydrogens is 640 g/mol. The molecule has 10 nitrogen and oxygen atoms in total. The standard InChI is InChI=1S/C26H23FIN5O5S/c1-14-22-21(23-30(10-11-31(23)24(14)34)20-9-6-15(28)12-19(20)27)25(35)33(17-7-8-17)26(36)32(22)18-5-3-4-16(13-18)29-39(2,37)38/h3-6,9,12-13,17,29H,7-8,10-11H2,1-2H3. The smallest absolute Gasteiger partial charge is 0.323 e. The molecule has 1 saturated carbocycles. The molecule has 0 unspecified atom stereocenters. The number of aromatic nitrogens is 3. The second-order valence-electron chi connectivity index (χ2n) is 9.83. The Balaban J connectivity index is 1.74. The van der Waals surface area contributed by atoms with Crippen LogP contribution in [0.3, 0.4) is 0 Å². The van der Waals surface area contributed by atoms with Crippen LogP contribution in [0, 0.1) is 16.3 Å². The first kappa shape index (κ1) is 25.8. The van der Waals surface area contributed by atoms with Gasteiger partial charge < -0.3 is 4.90 Å². The molecule has 202 valence electrons. The highest BCUT2D eigenvalue weighted by atomic mass is 127. The van der Waals surface area contributed by atoms with Gasteiger partial charge in [0.25, 0.3) is 11.1 Å². The van der Waals surface area contributed by atoms with Gasteiger partial charge in [0.2, 0.25) is 10.0 Å². The molecule has 2 aliphatic rings. The highest BCUT2D eigenvalue weighted by Gasteiger charge is 2.35. The molecule has 6 rings (SSSR count). The summed E-state index contributed by atoms with van der Waals surface area (Å²) < 4.78 is 45.9. The second kappa shape index (κ2) is 9.05. The third-order valence-electron chi connectivity index (χ3n) is 7.01. The highest BCUT2D eigenvalue weighted by molar-refractivity contribution is 14.1. The topological polar surface area (TPSA) is 115 Å². The lowest BCUT2D eigenvalue weighted by molar-refractivity contribution is 0.607. The maximum Gasteiger partial charge on any atom is 0.336 e. The molecule has 1 aliphatic heterocycles. The predicted molar refractivity (Wildman–Crippen MR) is 156 cm³/mol. The van der Waals surface area contributed by atoms with Crippen molar-refractivity contribution in [1.82, 2.24) is 13.7 Å². The van der Waals surface area contributed by atoms with Gasteiger partial charge in [-0.2, -0.15) is 0 Å². The fourth-order valence-corrected chi connectivity index (χ4v) is 6.27. The van der Waals surface area contributed by atoms with E-state index in [4.69, 9.17) is 0 Å². The van der Waals surface area contributed by atoms with Crippen LogP contribution in [0.25, 0.3) is 16.6 Å². The summed E-state index contributed by atoms with van der Waals surface area (Å²) in [6.45, 7) is 2.06. The molecule has 1 fully saturated rings. The number of nitrogens with zero attached hydrogens (tertiary/aromatic N) is 4. The summed E-state index contributed by atoms with van der Waals surface area (Å²) in [6, 6.07) is 10.6. The minimum atomic E-state index is -3.60. The average Bonchev–Trinajstić information content (AvgIpc) is 3.59. The molecule has 0 amide bonds. The van der Waals surface area contributed by atoms with Crippen molar-refractivity contribution in [1.29, 1.82) is 0 Å². The molecule has 1 N–H and O–H groups in total. The van der Waals surface area contributed by atoms with Crippen LogP contribution < -0.4 is 26.4 Å². The number of fused-ring (bicyclic) bond motifs is 3. The molecule has 2 aromatic carbocycles. The SMILES string of the molecule is Cc1c(=O)n2c(c3c(=O)n(C4CC4)c(=O)n(-c4cccc(NS(C)(=O)=O)c4)c13)N(c1ccc(I)cc1F)CC2. The first-order valence-electron chi connectivity index (χ1n) is 12.2. The van der Waals surface area contributed by atoms with Crippen molar-refractivity contribution >= 4 is 60.7 Å². The van der Waals surface area contributed by atoms with Crippen LogP contribution in [0.4, 0.5) is 21.6 Å². The molecular formula is C26H23FIN5O5S. The lowest BCUT2D eigenvalue weighted by Gasteiger charge is -2.23. The van der Waals surface area contributed by atoms with Crippen LogP contribution >= 0.6 is 22.6 Å². The van der Waals surface area contributed by atoms with E-state index < -0.39 is 32.6 Å². The fourth-order valence-electron chi connectivity index (χ4n) is 5.26. The van der Waals surface area contributed by atoms with Gasteiger partial charge in [-0.05, 0) is 78.8 Å². The summed E-state index contributed by atoms with van der Waals surface area (Å²) >= 11 is 2.01. The minimum Gasteiger partial charge on any atom is -0.323 e. The summed E-state index contributed by atoms with van der Waals surface area (Å²) in [5.41, 5.74) is -0.519. The number of anilines is 3. The maximum absolute atomic E-state index is 15.2. The van der Waals surface area contributed by atoms with Gasteiger partial charge in [0.15, 0.2) is 0 Å². The molecule has 39 heavy (non-hydrogen) atoms. The summed E-state index contributed by atoms with van der Waals surface area (Å²) in [5, 5.41) is 0.135. The Kier molecular flexibility index (Phi) is 5.98. The Labute approximate surface area is 235 Å². The number of aryl methyl sites for hydroxylation is 1. The van der Waals surface area contributed by atoms with E-state index >= 15 is 4.39 Å². The van der Waals surface area contributed by atoms with Crippen molar-refractivity contribution in [3.8, 4) is 5.69 Å². The number of sulfonamides is 1. The van der Waals surface area contributed by atoms with E-state index in [2.05, 4.69) is 4.72 Å². The Morgan fingerprint density at radius 1 is 1.03 bits per heavy atom. The number of hydrogen-bond donors (Lipinski definition) is 1. The lowest BCUT2D eigenvalue weighted by Crippen LogP contribution is -2.41. The van der Waals surface area contributed by atoms with Crippen LogP contribution in [0.2, 0.25) is 0 Å². The monoisotopic (exact) mass is 663 g/mol. The highest BCUT2D eigenvalue weighted by Crippen LogP contribution is 2.38. The van der Waals surface area contributed by atoms with Gasteiger partial charge in [-0.25, -0.2) is 17.6 Å². The molecule has 1 aliphatic carbocycles. The molecule has 13 heteroatoms. The van der Waals surface area contributed by atoms with Crippen LogP contribution in [-0.2, 0) is 16.6 Å². The van der Waals surface area contributed by atoms with Crippen molar-refractivity contribution in [2.24, 2.45) is 0 Å². The number of rotatable bonds is 5. The van der Waals surface area contributed by atoms with E-state index in [0.717, 1.165) is 6.26 Å². The van der Waals surface area contributed by atoms with E-state index in [1.807, 2.05) is 22.6 Å². The van der Waals surface area contributed by atoms with Gasteiger partial charge in [0.05, 0.1) is 28.8 Å². The molecule has 0 bridgehead atoms. The summed E-state index contributed by atoms with van der Waals surface area (Å²) in [6.07, 6.45) is 2.32. The molecule has 0 spiro atoms. The van der Waals surface area contributed by atoms with Gasteiger partial charge in [-0.3, -0.25) is 28.0 Å². The summed E-state index contributed by atoms with van der Waals surface area (Å²) in [7, 11) is -3.60. The first-order valence-corrected chi connectivity index (χ1v) is 15.2. The summed E-state index contributed by atoms with van der Waals surface area (Å²) in [4.78, 5) is 43.1. The van der Waals surface area contributed by atoms with Crippen LogP contribution in [0.1, 0.15) is 24.4 Å². The van der Waals surface area contributed by atoms with Crippen molar-refractivity contribution in [2.45, 2.75) is 32.4 Å². The lowest BCUT2D eigenvalue weighted by atomic mass is 10.1. The van der Waals surface area contributed by atoms with E-state index in [9.17, 15) is 22.8 Å². The van der Waals surface area contributed by atoms with Crippen molar-refractivity contribution in [3.63, 3.8) is 0 Å². The third-order valence-corrected chi connectivity index (χ3v) is 8.29. The number of benzene rings is 2. The number of pyridine rings is 1. The summed E-state index contributed by atoms with van der Waals surface area (Å²) in [5.74, 6) is -0.258. The largest absolute Gasteiger partial charge is 0.336 e. The first-order chi connectivity index (χ1) is 18.5. The van der Waals surface area contributed by atoms with E-state index in [0.29, 0.717) is 16.4 Å². The number of hydrogen-bond acceptors (Lipinski definition) is 6. The fraction of sp³-hybridized carbons (Fsp3) is 0.269. The van der Waals surface area contributed by atoms with Crippen LogP contribution in [0.15, 0.2) is 56.8 Å². The Hall–Kier alpha value is -3.46. The zero-order chi connectivity index (χ0) is 27.8. The third kappa shape index (κ3) is 4.27.